The van der Waals surface area contributed by atoms with Gasteiger partial charge in [0.2, 0.25) is 5.91 Å². The summed E-state index contributed by atoms with van der Waals surface area (Å²) in [5, 5.41) is 6.15. The summed E-state index contributed by atoms with van der Waals surface area (Å²) in [6.07, 6.45) is 0.227. The van der Waals surface area contributed by atoms with E-state index in [0.29, 0.717) is 5.11 Å². The molecule has 1 amide bonds. The summed E-state index contributed by atoms with van der Waals surface area (Å²) in [4.78, 5) is 16.0. The molecule has 2 rings (SSSR count). The monoisotopic (exact) mass is 320 g/mol. The first-order valence-electron chi connectivity index (χ1n) is 6.36. The van der Waals surface area contributed by atoms with E-state index in [1.165, 1.54) is 11.3 Å². The molecule has 1 heterocycles. The van der Waals surface area contributed by atoms with Crippen LogP contribution in [0.1, 0.15) is 16.3 Å². The van der Waals surface area contributed by atoms with Gasteiger partial charge >= 0.3 is 0 Å². The van der Waals surface area contributed by atoms with Crippen LogP contribution in [0, 0.1) is 13.8 Å². The summed E-state index contributed by atoms with van der Waals surface area (Å²) in [6.45, 7) is 3.91. The van der Waals surface area contributed by atoms with E-state index in [1.807, 2.05) is 43.5 Å². The van der Waals surface area contributed by atoms with Crippen molar-refractivity contribution in [2.75, 3.05) is 5.32 Å². The first-order valence-corrected chi connectivity index (χ1v) is 7.65. The predicted molar refractivity (Wildman–Crippen MR) is 89.2 cm³/mol. The molecule has 0 bridgehead atoms. The van der Waals surface area contributed by atoms with E-state index in [-0.39, 0.29) is 12.3 Å². The molecule has 0 saturated carbocycles. The fraction of sp³-hybridized carbons (Fsp3) is 0.214. The molecule has 0 atom stereocenters. The molecule has 21 heavy (non-hydrogen) atoms. The van der Waals surface area contributed by atoms with Crippen molar-refractivity contribution in [3.8, 4) is 0 Å². The average molecular weight is 320 g/mol. The van der Waals surface area contributed by atoms with Gasteiger partial charge in [0.05, 0.1) is 17.1 Å². The third-order valence-electron chi connectivity index (χ3n) is 2.60. The first kappa shape index (κ1) is 15.4. The van der Waals surface area contributed by atoms with Gasteiger partial charge in [0.15, 0.2) is 5.11 Å². The van der Waals surface area contributed by atoms with Gasteiger partial charge in [0.25, 0.3) is 0 Å². The van der Waals surface area contributed by atoms with Crippen molar-refractivity contribution >= 4 is 40.3 Å². The number of rotatable bonds is 3. The maximum Gasteiger partial charge on any atom is 0.244 e. The SMILES string of the molecule is Cc1cccc(NC(=S)NNC(=O)Cc2csc(C)n2)c1. The molecule has 2 aromatic rings. The molecule has 0 aliphatic rings. The maximum atomic E-state index is 11.7. The number of carbonyl (C=O) groups is 1. The molecular weight excluding hydrogens is 304 g/mol. The van der Waals surface area contributed by atoms with Gasteiger partial charge in [-0.1, -0.05) is 12.1 Å². The van der Waals surface area contributed by atoms with Crippen LogP contribution in [0.5, 0.6) is 0 Å². The van der Waals surface area contributed by atoms with Gasteiger partial charge in [-0.15, -0.1) is 11.3 Å². The van der Waals surface area contributed by atoms with Crippen molar-refractivity contribution < 1.29 is 4.79 Å². The molecule has 110 valence electrons. The number of hydrazine groups is 1. The molecule has 3 N–H and O–H groups in total. The molecule has 0 saturated heterocycles. The Kier molecular flexibility index (Phi) is 5.24. The van der Waals surface area contributed by atoms with Crippen LogP contribution in [0.25, 0.3) is 0 Å². The molecule has 0 fully saturated rings. The number of aromatic nitrogens is 1. The summed E-state index contributed by atoms with van der Waals surface area (Å²) >= 11 is 6.64. The van der Waals surface area contributed by atoms with E-state index < -0.39 is 0 Å². The van der Waals surface area contributed by atoms with E-state index in [1.54, 1.807) is 0 Å². The molecule has 0 aliphatic heterocycles. The van der Waals surface area contributed by atoms with Crippen LogP contribution < -0.4 is 16.2 Å². The molecule has 1 aromatic carbocycles. The number of benzene rings is 1. The Hall–Kier alpha value is -1.99. The van der Waals surface area contributed by atoms with Crippen LogP contribution in [0.3, 0.4) is 0 Å². The molecule has 0 radical (unpaired) electrons. The fourth-order valence-electron chi connectivity index (χ4n) is 1.71. The summed E-state index contributed by atoms with van der Waals surface area (Å²) in [6, 6.07) is 7.80. The lowest BCUT2D eigenvalue weighted by atomic mass is 10.2. The zero-order chi connectivity index (χ0) is 15.2. The summed E-state index contributed by atoms with van der Waals surface area (Å²) in [7, 11) is 0. The second kappa shape index (κ2) is 7.14. The number of hydrogen-bond donors (Lipinski definition) is 3. The number of aryl methyl sites for hydroxylation is 2. The third-order valence-corrected chi connectivity index (χ3v) is 3.63. The number of hydrogen-bond acceptors (Lipinski definition) is 4. The zero-order valence-corrected chi connectivity index (χ0v) is 13.4. The van der Waals surface area contributed by atoms with Crippen molar-refractivity contribution in [3.63, 3.8) is 0 Å². The van der Waals surface area contributed by atoms with Crippen molar-refractivity contribution in [2.24, 2.45) is 0 Å². The van der Waals surface area contributed by atoms with E-state index >= 15 is 0 Å². The van der Waals surface area contributed by atoms with Crippen LogP contribution in [0.2, 0.25) is 0 Å². The smallest absolute Gasteiger partial charge is 0.244 e. The van der Waals surface area contributed by atoms with Gasteiger partial charge in [0.1, 0.15) is 0 Å². The number of carbonyl (C=O) groups excluding carboxylic acids is 1. The average Bonchev–Trinajstić information content (AvgIpc) is 2.82. The molecule has 7 heteroatoms. The van der Waals surface area contributed by atoms with Crippen molar-refractivity contribution in [1.82, 2.24) is 15.8 Å². The molecule has 0 aliphatic carbocycles. The van der Waals surface area contributed by atoms with Crippen molar-refractivity contribution in [1.29, 1.82) is 0 Å². The number of anilines is 1. The van der Waals surface area contributed by atoms with Gasteiger partial charge in [-0.2, -0.15) is 0 Å². The lowest BCUT2D eigenvalue weighted by Gasteiger charge is -2.11. The van der Waals surface area contributed by atoms with Crippen molar-refractivity contribution in [2.45, 2.75) is 20.3 Å². The highest BCUT2D eigenvalue weighted by atomic mass is 32.1. The minimum atomic E-state index is -0.186. The third kappa shape index (κ3) is 5.13. The van der Waals surface area contributed by atoms with Gasteiger partial charge < -0.3 is 5.32 Å². The molecule has 0 unspecified atom stereocenters. The maximum absolute atomic E-state index is 11.7. The zero-order valence-electron chi connectivity index (χ0n) is 11.8. The van der Waals surface area contributed by atoms with Crippen LogP contribution in [0.4, 0.5) is 5.69 Å². The number of thiocarbonyl (C=S) groups is 1. The highest BCUT2D eigenvalue weighted by molar-refractivity contribution is 7.80. The topological polar surface area (TPSA) is 66.0 Å². The van der Waals surface area contributed by atoms with Crippen molar-refractivity contribution in [3.05, 3.63) is 45.9 Å². The Morgan fingerprint density at radius 2 is 2.14 bits per heavy atom. The Morgan fingerprint density at radius 3 is 2.81 bits per heavy atom. The van der Waals surface area contributed by atoms with E-state index in [9.17, 15) is 4.79 Å². The molecular formula is C14H16N4OS2. The quantitative estimate of drug-likeness (QED) is 0.598. The summed E-state index contributed by atoms with van der Waals surface area (Å²) < 4.78 is 0. The Balaban J connectivity index is 1.77. The second-order valence-corrected chi connectivity index (χ2v) is 6.00. The normalized spacial score (nSPS) is 10.0. The second-order valence-electron chi connectivity index (χ2n) is 4.53. The van der Waals surface area contributed by atoms with E-state index in [2.05, 4.69) is 21.2 Å². The fourth-order valence-corrected chi connectivity index (χ4v) is 2.49. The number of amides is 1. The molecule has 5 nitrogen and oxygen atoms in total. The number of nitrogens with one attached hydrogen (secondary N) is 3. The predicted octanol–water partition coefficient (Wildman–Crippen LogP) is 2.32. The highest BCUT2D eigenvalue weighted by Crippen LogP contribution is 2.09. The minimum Gasteiger partial charge on any atom is -0.331 e. The molecule has 0 spiro atoms. The van der Waals surface area contributed by atoms with Crippen LogP contribution in [-0.2, 0) is 11.2 Å². The van der Waals surface area contributed by atoms with E-state index in [4.69, 9.17) is 12.2 Å². The lowest BCUT2D eigenvalue weighted by molar-refractivity contribution is -0.121. The summed E-state index contributed by atoms with van der Waals surface area (Å²) in [5.74, 6) is -0.186. The Labute approximate surface area is 132 Å². The van der Waals surface area contributed by atoms with Crippen LogP contribution in [0.15, 0.2) is 29.6 Å². The number of nitrogens with zero attached hydrogens (tertiary/aromatic N) is 1. The number of thiazole rings is 1. The summed E-state index contributed by atoms with van der Waals surface area (Å²) in [5.41, 5.74) is 7.98. The van der Waals surface area contributed by atoms with Gasteiger partial charge in [-0.25, -0.2) is 4.98 Å². The Bertz CT molecular complexity index is 654. The Morgan fingerprint density at radius 1 is 1.33 bits per heavy atom. The van der Waals surface area contributed by atoms with Gasteiger partial charge in [-0.3, -0.25) is 15.6 Å². The first-order chi connectivity index (χ1) is 10.0. The van der Waals surface area contributed by atoms with Crippen LogP contribution >= 0.6 is 23.6 Å². The highest BCUT2D eigenvalue weighted by Gasteiger charge is 2.06. The largest absolute Gasteiger partial charge is 0.331 e. The van der Waals surface area contributed by atoms with Gasteiger partial charge in [0, 0.05) is 11.1 Å². The lowest BCUT2D eigenvalue weighted by Crippen LogP contribution is -2.44. The standard InChI is InChI=1S/C14H16N4OS2/c1-9-4-3-5-11(6-9)16-14(20)18-17-13(19)7-12-8-21-10(2)15-12/h3-6,8H,7H2,1-2H3,(H,17,19)(H2,16,18,20). The minimum absolute atomic E-state index is 0.186. The molecule has 1 aromatic heterocycles. The van der Waals surface area contributed by atoms with E-state index in [0.717, 1.165) is 22.0 Å². The van der Waals surface area contributed by atoms with Gasteiger partial charge in [-0.05, 0) is 43.8 Å². The van der Waals surface area contributed by atoms with Crippen LogP contribution in [-0.4, -0.2) is 16.0 Å².